The van der Waals surface area contributed by atoms with E-state index in [1.165, 1.54) is 6.07 Å². The van der Waals surface area contributed by atoms with Crippen LogP contribution >= 0.6 is 0 Å². The molecule has 4 N–H and O–H groups in total. The van der Waals surface area contributed by atoms with Gasteiger partial charge in [-0.05, 0) is 31.0 Å². The van der Waals surface area contributed by atoms with Crippen molar-refractivity contribution in [3.8, 4) is 0 Å². The second-order valence-corrected chi connectivity index (χ2v) is 4.54. The summed E-state index contributed by atoms with van der Waals surface area (Å²) in [5.74, 6) is 6.94. The molecule has 0 radical (unpaired) electrons. The number of nitrogens with one attached hydrogen (secondary N) is 2. The van der Waals surface area contributed by atoms with Crippen LogP contribution in [0.4, 0.5) is 21.7 Å². The average molecular weight is 275 g/mol. The lowest BCUT2D eigenvalue weighted by Crippen LogP contribution is -2.11. The first-order valence-corrected chi connectivity index (χ1v) is 6.50. The minimum absolute atomic E-state index is 0.255. The third-order valence-corrected chi connectivity index (χ3v) is 2.84. The number of nitrogen functional groups attached to an aromatic ring is 1. The number of rotatable bonds is 5. The molecule has 0 saturated carbocycles. The Balaban J connectivity index is 2.27. The van der Waals surface area contributed by atoms with Gasteiger partial charge in [0.2, 0.25) is 0 Å². The summed E-state index contributed by atoms with van der Waals surface area (Å²) in [5, 5.41) is 3.06. The number of nitrogens with zero attached hydrogens (tertiary/aromatic N) is 2. The van der Waals surface area contributed by atoms with Crippen molar-refractivity contribution in [2.75, 3.05) is 10.7 Å². The largest absolute Gasteiger partial charge is 0.340 e. The summed E-state index contributed by atoms with van der Waals surface area (Å²) >= 11 is 0. The maximum Gasteiger partial charge on any atom is 0.145 e. The quantitative estimate of drug-likeness (QED) is 0.578. The molecule has 0 aliphatic rings. The molecular weight excluding hydrogens is 257 g/mol. The highest BCUT2D eigenvalue weighted by Gasteiger charge is 2.05. The van der Waals surface area contributed by atoms with Gasteiger partial charge in [0.15, 0.2) is 0 Å². The zero-order valence-corrected chi connectivity index (χ0v) is 11.6. The molecule has 0 aliphatic heterocycles. The van der Waals surface area contributed by atoms with E-state index in [0.29, 0.717) is 28.7 Å². The van der Waals surface area contributed by atoms with E-state index < -0.39 is 0 Å². The van der Waals surface area contributed by atoms with Crippen LogP contribution in [0.15, 0.2) is 24.3 Å². The predicted octanol–water partition coefficient (Wildman–Crippen LogP) is 2.91. The van der Waals surface area contributed by atoms with Crippen LogP contribution < -0.4 is 16.6 Å². The topological polar surface area (TPSA) is 75.9 Å². The van der Waals surface area contributed by atoms with Crippen LogP contribution in [0.2, 0.25) is 0 Å². The van der Waals surface area contributed by atoms with Crippen LogP contribution in [0.25, 0.3) is 0 Å². The summed E-state index contributed by atoms with van der Waals surface area (Å²) in [5.41, 5.74) is 3.75. The van der Waals surface area contributed by atoms with Crippen LogP contribution in [0.1, 0.15) is 24.7 Å². The van der Waals surface area contributed by atoms with E-state index in [9.17, 15) is 4.39 Å². The molecule has 0 atom stereocenters. The van der Waals surface area contributed by atoms with Gasteiger partial charge in [0, 0.05) is 18.2 Å². The molecule has 5 nitrogen and oxygen atoms in total. The smallest absolute Gasteiger partial charge is 0.145 e. The van der Waals surface area contributed by atoms with Crippen molar-refractivity contribution in [1.29, 1.82) is 0 Å². The van der Waals surface area contributed by atoms with Gasteiger partial charge in [-0.15, -0.1) is 0 Å². The highest BCUT2D eigenvalue weighted by Crippen LogP contribution is 2.19. The lowest BCUT2D eigenvalue weighted by molar-refractivity contribution is 0.619. The van der Waals surface area contributed by atoms with Crippen LogP contribution in [-0.2, 0) is 6.42 Å². The van der Waals surface area contributed by atoms with Crippen LogP contribution in [0, 0.1) is 12.7 Å². The van der Waals surface area contributed by atoms with E-state index in [1.54, 1.807) is 25.1 Å². The summed E-state index contributed by atoms with van der Waals surface area (Å²) in [4.78, 5) is 8.63. The van der Waals surface area contributed by atoms with E-state index in [-0.39, 0.29) is 5.82 Å². The average Bonchev–Trinajstić information content (AvgIpc) is 2.43. The standard InChI is InChI=1S/C14H18FN5/c1-3-4-12-18-13(8-14(19-12)20-16)17-10-6-5-9(2)11(15)7-10/h5-8H,3-4,16H2,1-2H3,(H2,17,18,19,20). The van der Waals surface area contributed by atoms with Gasteiger partial charge in [-0.2, -0.15) is 0 Å². The fourth-order valence-corrected chi connectivity index (χ4v) is 1.79. The minimum atomic E-state index is -0.255. The summed E-state index contributed by atoms with van der Waals surface area (Å²) < 4.78 is 13.5. The van der Waals surface area contributed by atoms with Gasteiger partial charge >= 0.3 is 0 Å². The third kappa shape index (κ3) is 3.42. The molecular formula is C14H18FN5. The summed E-state index contributed by atoms with van der Waals surface area (Å²) in [6.07, 6.45) is 1.69. The number of hydrogen-bond donors (Lipinski definition) is 3. The van der Waals surface area contributed by atoms with Gasteiger partial charge in [-0.3, -0.25) is 0 Å². The molecule has 6 heteroatoms. The van der Waals surface area contributed by atoms with Gasteiger partial charge in [0.1, 0.15) is 23.3 Å². The first-order chi connectivity index (χ1) is 9.62. The first-order valence-electron chi connectivity index (χ1n) is 6.50. The molecule has 1 aromatic carbocycles. The highest BCUT2D eigenvalue weighted by molar-refractivity contribution is 5.59. The molecule has 0 aliphatic carbocycles. The number of nitrogens with two attached hydrogens (primary N) is 1. The highest BCUT2D eigenvalue weighted by atomic mass is 19.1. The predicted molar refractivity (Wildman–Crippen MR) is 78.3 cm³/mol. The molecule has 1 aromatic heterocycles. The van der Waals surface area contributed by atoms with E-state index in [0.717, 1.165) is 12.8 Å². The van der Waals surface area contributed by atoms with Crippen molar-refractivity contribution in [3.05, 3.63) is 41.5 Å². The Labute approximate surface area is 117 Å². The molecule has 0 amide bonds. The minimum Gasteiger partial charge on any atom is -0.340 e. The lowest BCUT2D eigenvalue weighted by Gasteiger charge is -2.10. The molecule has 0 unspecified atom stereocenters. The molecule has 0 bridgehead atoms. The third-order valence-electron chi connectivity index (χ3n) is 2.84. The fourth-order valence-electron chi connectivity index (χ4n) is 1.79. The Hall–Kier alpha value is -2.21. The Morgan fingerprint density at radius 1 is 1.20 bits per heavy atom. The van der Waals surface area contributed by atoms with Crippen molar-refractivity contribution < 1.29 is 4.39 Å². The summed E-state index contributed by atoms with van der Waals surface area (Å²) in [7, 11) is 0. The zero-order chi connectivity index (χ0) is 14.5. The monoisotopic (exact) mass is 275 g/mol. The van der Waals surface area contributed by atoms with Gasteiger partial charge < -0.3 is 10.7 Å². The molecule has 0 saturated heterocycles. The van der Waals surface area contributed by atoms with Gasteiger partial charge in [0.25, 0.3) is 0 Å². The first kappa shape index (κ1) is 14.2. The number of benzene rings is 1. The van der Waals surface area contributed by atoms with E-state index in [2.05, 4.69) is 20.7 Å². The number of aromatic nitrogens is 2. The molecule has 106 valence electrons. The van der Waals surface area contributed by atoms with Crippen molar-refractivity contribution >= 4 is 17.3 Å². The summed E-state index contributed by atoms with van der Waals surface area (Å²) in [6, 6.07) is 6.63. The van der Waals surface area contributed by atoms with Gasteiger partial charge in [-0.25, -0.2) is 20.2 Å². The van der Waals surface area contributed by atoms with Crippen molar-refractivity contribution in [1.82, 2.24) is 9.97 Å². The maximum absolute atomic E-state index is 13.5. The van der Waals surface area contributed by atoms with Crippen molar-refractivity contribution in [2.24, 2.45) is 5.84 Å². The molecule has 1 heterocycles. The molecule has 20 heavy (non-hydrogen) atoms. The second-order valence-electron chi connectivity index (χ2n) is 4.54. The van der Waals surface area contributed by atoms with Crippen LogP contribution in [0.3, 0.4) is 0 Å². The number of hydrogen-bond acceptors (Lipinski definition) is 5. The number of hydrazine groups is 1. The Bertz CT molecular complexity index is 600. The number of anilines is 3. The van der Waals surface area contributed by atoms with Gasteiger partial charge in [-0.1, -0.05) is 13.0 Å². The van der Waals surface area contributed by atoms with Crippen LogP contribution in [0.5, 0.6) is 0 Å². The Morgan fingerprint density at radius 2 is 1.95 bits per heavy atom. The lowest BCUT2D eigenvalue weighted by atomic mass is 10.2. The van der Waals surface area contributed by atoms with Gasteiger partial charge in [0.05, 0.1) is 0 Å². The zero-order valence-electron chi connectivity index (χ0n) is 11.6. The van der Waals surface area contributed by atoms with E-state index >= 15 is 0 Å². The fraction of sp³-hybridized carbons (Fsp3) is 0.286. The molecule has 0 fully saturated rings. The van der Waals surface area contributed by atoms with E-state index in [4.69, 9.17) is 5.84 Å². The normalized spacial score (nSPS) is 10.4. The van der Waals surface area contributed by atoms with Crippen molar-refractivity contribution in [2.45, 2.75) is 26.7 Å². The number of aryl methyl sites for hydroxylation is 2. The van der Waals surface area contributed by atoms with Crippen LogP contribution in [-0.4, -0.2) is 9.97 Å². The Morgan fingerprint density at radius 3 is 2.60 bits per heavy atom. The number of halogens is 1. The summed E-state index contributed by atoms with van der Waals surface area (Å²) in [6.45, 7) is 3.77. The maximum atomic E-state index is 13.5. The second kappa shape index (κ2) is 6.29. The Kier molecular flexibility index (Phi) is 4.47. The van der Waals surface area contributed by atoms with E-state index in [1.807, 2.05) is 6.92 Å². The SMILES string of the molecule is CCCc1nc(NN)cc(Nc2ccc(C)c(F)c2)n1. The molecule has 2 aromatic rings. The molecule has 2 rings (SSSR count). The molecule has 0 spiro atoms. The van der Waals surface area contributed by atoms with Crippen molar-refractivity contribution in [3.63, 3.8) is 0 Å².